The standard InChI is InChI=1S/C14H15BrF3N3/c1-14(2,3)6-10-11(15)13(19)21(20-10)7-4-8(16)12(18)9(17)5-7/h4-5H,6,19H2,1-3H3. The van der Waals surface area contributed by atoms with Crippen LogP contribution in [0.5, 0.6) is 0 Å². The maximum absolute atomic E-state index is 13.3. The van der Waals surface area contributed by atoms with Crippen molar-refractivity contribution in [1.29, 1.82) is 0 Å². The summed E-state index contributed by atoms with van der Waals surface area (Å²) in [7, 11) is 0. The first-order chi connectivity index (χ1) is 9.60. The zero-order chi connectivity index (χ0) is 15.9. The Morgan fingerprint density at radius 2 is 1.71 bits per heavy atom. The fraction of sp³-hybridized carbons (Fsp3) is 0.357. The minimum atomic E-state index is -1.52. The largest absolute Gasteiger partial charge is 0.383 e. The van der Waals surface area contributed by atoms with Gasteiger partial charge in [0.25, 0.3) is 0 Å². The van der Waals surface area contributed by atoms with Crippen molar-refractivity contribution in [2.45, 2.75) is 27.2 Å². The molecule has 0 atom stereocenters. The SMILES string of the molecule is CC(C)(C)Cc1nn(-c2cc(F)c(F)c(F)c2)c(N)c1Br. The van der Waals surface area contributed by atoms with Gasteiger partial charge in [-0.3, -0.25) is 0 Å². The van der Waals surface area contributed by atoms with Gasteiger partial charge in [0.1, 0.15) is 5.82 Å². The molecule has 114 valence electrons. The van der Waals surface area contributed by atoms with Crippen molar-refractivity contribution in [2.24, 2.45) is 5.41 Å². The number of anilines is 1. The third-order valence-electron chi connectivity index (χ3n) is 2.84. The number of nitrogens with zero attached hydrogens (tertiary/aromatic N) is 2. The molecule has 7 heteroatoms. The molecule has 0 spiro atoms. The number of halogens is 4. The lowest BCUT2D eigenvalue weighted by atomic mass is 9.91. The van der Waals surface area contributed by atoms with Gasteiger partial charge >= 0.3 is 0 Å². The van der Waals surface area contributed by atoms with Crippen LogP contribution in [-0.4, -0.2) is 9.78 Å². The summed E-state index contributed by atoms with van der Waals surface area (Å²) in [4.78, 5) is 0. The molecule has 0 fully saturated rings. The summed E-state index contributed by atoms with van der Waals surface area (Å²) in [5, 5.41) is 4.27. The minimum absolute atomic E-state index is 0.0322. The Bertz CT molecular complexity index is 666. The van der Waals surface area contributed by atoms with Crippen LogP contribution in [0.25, 0.3) is 5.69 Å². The van der Waals surface area contributed by atoms with Crippen LogP contribution in [0.3, 0.4) is 0 Å². The highest BCUT2D eigenvalue weighted by Crippen LogP contribution is 2.31. The summed E-state index contributed by atoms with van der Waals surface area (Å²) in [5.41, 5.74) is 6.58. The molecule has 0 aliphatic rings. The maximum atomic E-state index is 13.3. The van der Waals surface area contributed by atoms with Crippen molar-refractivity contribution in [3.05, 3.63) is 39.8 Å². The number of hydrogen-bond acceptors (Lipinski definition) is 2. The molecule has 3 nitrogen and oxygen atoms in total. The number of nitrogens with two attached hydrogens (primary N) is 1. The van der Waals surface area contributed by atoms with E-state index in [1.807, 2.05) is 20.8 Å². The Hall–Kier alpha value is -1.50. The van der Waals surface area contributed by atoms with Gasteiger partial charge in [-0.1, -0.05) is 20.8 Å². The second kappa shape index (κ2) is 5.36. The van der Waals surface area contributed by atoms with Crippen molar-refractivity contribution < 1.29 is 13.2 Å². The smallest absolute Gasteiger partial charge is 0.194 e. The molecule has 2 N–H and O–H groups in total. The zero-order valence-corrected chi connectivity index (χ0v) is 13.4. The fourth-order valence-corrected chi connectivity index (χ4v) is 2.32. The molecule has 0 aliphatic heterocycles. The lowest BCUT2D eigenvalue weighted by Gasteiger charge is -2.16. The third kappa shape index (κ3) is 3.23. The molecule has 0 saturated carbocycles. The van der Waals surface area contributed by atoms with Crippen LogP contribution < -0.4 is 5.73 Å². The Morgan fingerprint density at radius 1 is 1.19 bits per heavy atom. The van der Waals surface area contributed by atoms with Crippen molar-refractivity contribution in [1.82, 2.24) is 9.78 Å². The molecule has 1 heterocycles. The number of rotatable bonds is 2. The maximum Gasteiger partial charge on any atom is 0.194 e. The van der Waals surface area contributed by atoms with Crippen LogP contribution in [0.15, 0.2) is 16.6 Å². The van der Waals surface area contributed by atoms with E-state index in [0.29, 0.717) is 16.6 Å². The molecule has 0 bridgehead atoms. The molecular weight excluding hydrogens is 347 g/mol. The average Bonchev–Trinajstić information content (AvgIpc) is 2.62. The molecule has 0 saturated heterocycles. The molecule has 2 aromatic rings. The number of nitrogen functional groups attached to an aromatic ring is 1. The third-order valence-corrected chi connectivity index (χ3v) is 3.70. The molecule has 2 rings (SSSR count). The summed E-state index contributed by atoms with van der Waals surface area (Å²) >= 11 is 3.33. The fourth-order valence-electron chi connectivity index (χ4n) is 1.94. The Labute approximate surface area is 129 Å². The van der Waals surface area contributed by atoms with Gasteiger partial charge in [-0.25, -0.2) is 17.9 Å². The summed E-state index contributed by atoms with van der Waals surface area (Å²) in [6.45, 7) is 6.10. The molecular formula is C14H15BrF3N3. The molecule has 0 aliphatic carbocycles. The summed E-state index contributed by atoms with van der Waals surface area (Å²) in [5.74, 6) is -3.88. The average molecular weight is 362 g/mol. The molecule has 1 aromatic carbocycles. The zero-order valence-electron chi connectivity index (χ0n) is 11.8. The van der Waals surface area contributed by atoms with Crippen LogP contribution in [0, 0.1) is 22.9 Å². The molecule has 0 radical (unpaired) electrons. The van der Waals surface area contributed by atoms with Gasteiger partial charge < -0.3 is 5.73 Å². The van der Waals surface area contributed by atoms with Crippen molar-refractivity contribution >= 4 is 21.7 Å². The van der Waals surface area contributed by atoms with Gasteiger partial charge in [-0.05, 0) is 27.8 Å². The Balaban J connectivity index is 2.53. The van der Waals surface area contributed by atoms with Crippen molar-refractivity contribution in [3.63, 3.8) is 0 Å². The van der Waals surface area contributed by atoms with Crippen LogP contribution in [0.1, 0.15) is 26.5 Å². The van der Waals surface area contributed by atoms with E-state index in [4.69, 9.17) is 5.73 Å². The van der Waals surface area contributed by atoms with Gasteiger partial charge in [0, 0.05) is 12.1 Å². The van der Waals surface area contributed by atoms with E-state index < -0.39 is 17.5 Å². The Morgan fingerprint density at radius 3 is 2.19 bits per heavy atom. The van der Waals surface area contributed by atoms with Crippen molar-refractivity contribution in [2.75, 3.05) is 5.73 Å². The van der Waals surface area contributed by atoms with Crippen LogP contribution >= 0.6 is 15.9 Å². The summed E-state index contributed by atoms with van der Waals surface area (Å²) in [6.07, 6.45) is 0.622. The minimum Gasteiger partial charge on any atom is -0.383 e. The number of aromatic nitrogens is 2. The second-order valence-corrected chi connectivity index (χ2v) is 6.81. The van der Waals surface area contributed by atoms with E-state index in [2.05, 4.69) is 21.0 Å². The van der Waals surface area contributed by atoms with Crippen LogP contribution in [0.4, 0.5) is 19.0 Å². The van der Waals surface area contributed by atoms with Crippen molar-refractivity contribution in [3.8, 4) is 5.69 Å². The summed E-state index contributed by atoms with van der Waals surface area (Å²) in [6, 6.07) is 1.71. The highest BCUT2D eigenvalue weighted by molar-refractivity contribution is 9.10. The van der Waals surface area contributed by atoms with Crippen LogP contribution in [-0.2, 0) is 6.42 Å². The highest BCUT2D eigenvalue weighted by Gasteiger charge is 2.21. The topological polar surface area (TPSA) is 43.8 Å². The first-order valence-electron chi connectivity index (χ1n) is 6.28. The van der Waals surface area contributed by atoms with E-state index in [1.165, 1.54) is 4.68 Å². The first-order valence-corrected chi connectivity index (χ1v) is 7.07. The Kier molecular flexibility index (Phi) is 4.06. The van der Waals surface area contributed by atoms with E-state index in [9.17, 15) is 13.2 Å². The lowest BCUT2D eigenvalue weighted by Crippen LogP contribution is -2.10. The predicted molar refractivity (Wildman–Crippen MR) is 78.7 cm³/mol. The quantitative estimate of drug-likeness (QED) is 0.813. The normalized spacial score (nSPS) is 12.0. The monoisotopic (exact) mass is 361 g/mol. The van der Waals surface area contributed by atoms with Gasteiger partial charge in [-0.2, -0.15) is 5.10 Å². The van der Waals surface area contributed by atoms with E-state index in [1.54, 1.807) is 0 Å². The number of benzene rings is 1. The number of hydrogen-bond donors (Lipinski definition) is 1. The van der Waals surface area contributed by atoms with E-state index in [0.717, 1.165) is 12.1 Å². The summed E-state index contributed by atoms with van der Waals surface area (Å²) < 4.78 is 41.4. The molecule has 1 aromatic heterocycles. The van der Waals surface area contributed by atoms with Gasteiger partial charge in [0.15, 0.2) is 17.5 Å². The molecule has 21 heavy (non-hydrogen) atoms. The first kappa shape index (κ1) is 15.9. The van der Waals surface area contributed by atoms with E-state index >= 15 is 0 Å². The van der Waals surface area contributed by atoms with Gasteiger partial charge in [-0.15, -0.1) is 0 Å². The lowest BCUT2D eigenvalue weighted by molar-refractivity contribution is 0.404. The predicted octanol–water partition coefficient (Wildman–Crippen LogP) is 4.22. The van der Waals surface area contributed by atoms with Gasteiger partial charge in [0.05, 0.1) is 15.9 Å². The second-order valence-electron chi connectivity index (χ2n) is 6.02. The molecule has 0 unspecified atom stereocenters. The highest BCUT2D eigenvalue weighted by atomic mass is 79.9. The van der Waals surface area contributed by atoms with Gasteiger partial charge in [0.2, 0.25) is 0 Å². The van der Waals surface area contributed by atoms with Crippen LogP contribution in [0.2, 0.25) is 0 Å². The van der Waals surface area contributed by atoms with E-state index in [-0.39, 0.29) is 16.9 Å². The molecule has 0 amide bonds.